The summed E-state index contributed by atoms with van der Waals surface area (Å²) in [6, 6.07) is 26.3. The molecule has 0 amide bonds. The topological polar surface area (TPSA) is 245 Å². The van der Waals surface area contributed by atoms with Crippen molar-refractivity contribution in [3.8, 4) is 69.0 Å². The summed E-state index contributed by atoms with van der Waals surface area (Å²) in [5.41, 5.74) is 2.53. The van der Waals surface area contributed by atoms with Crippen LogP contribution in [0.5, 0.6) is 46.3 Å². The fourth-order valence-corrected chi connectivity index (χ4v) is 7.59. The number of methoxy groups -OCH3 is 2. The summed E-state index contributed by atoms with van der Waals surface area (Å²) in [6.45, 7) is 3.21. The molecule has 0 spiro atoms. The number of anilines is 2. The highest BCUT2D eigenvalue weighted by atomic mass is 32.2. The molecular weight excluding hydrogens is 917 g/mol. The van der Waals surface area contributed by atoms with Gasteiger partial charge in [0.2, 0.25) is 11.5 Å². The summed E-state index contributed by atoms with van der Waals surface area (Å²) in [4.78, 5) is 27.3. The molecule has 22 heteroatoms. The lowest BCUT2D eigenvalue weighted by Crippen LogP contribution is -2.23. The van der Waals surface area contributed by atoms with Crippen LogP contribution in [0.4, 0.5) is 11.6 Å². The first-order valence-electron chi connectivity index (χ1n) is 20.4. The predicted octanol–water partition coefficient (Wildman–Crippen LogP) is 7.25. The molecule has 346 valence electrons. The van der Waals surface area contributed by atoms with E-state index in [1.807, 2.05) is 19.1 Å². The Morgan fingerprint density at radius 1 is 0.588 bits per heavy atom. The van der Waals surface area contributed by atoms with E-state index in [4.69, 9.17) is 38.4 Å². The molecule has 2 aromatic carbocycles. The van der Waals surface area contributed by atoms with Crippen LogP contribution in [0.2, 0.25) is 0 Å². The SMILES string of the molecule is COc1ccccc1Oc1c(NSc2ccc(C)cn2)nc(-c2cc[n+]([O-])cc2)nc1OCCOc1nc(-c2cc[n+]([O-])cc2)nc(NS(=O)(=O)c2ccc(C)cn2)c1Oc1ccccc1OC. The van der Waals surface area contributed by atoms with Crippen LogP contribution in [0.25, 0.3) is 22.8 Å². The highest BCUT2D eigenvalue weighted by Gasteiger charge is 2.27. The second-order valence-electron chi connectivity index (χ2n) is 14.3. The minimum Gasteiger partial charge on any atom is -0.619 e. The molecule has 0 unspecified atom stereocenters. The third-order valence-corrected chi connectivity index (χ3v) is 11.4. The molecule has 0 aliphatic heterocycles. The van der Waals surface area contributed by atoms with E-state index in [0.29, 0.717) is 42.9 Å². The third-order valence-electron chi connectivity index (χ3n) is 9.44. The van der Waals surface area contributed by atoms with Gasteiger partial charge < -0.3 is 43.6 Å². The van der Waals surface area contributed by atoms with Crippen molar-refractivity contribution in [1.82, 2.24) is 29.9 Å². The summed E-state index contributed by atoms with van der Waals surface area (Å²) in [5.74, 6) is 0.700. The quantitative estimate of drug-likeness (QED) is 0.0351. The van der Waals surface area contributed by atoms with Gasteiger partial charge in [-0.3, -0.25) is 4.72 Å². The van der Waals surface area contributed by atoms with Crippen LogP contribution in [0.15, 0.2) is 144 Å². The molecule has 6 heterocycles. The molecular formula is C46H40N10O10S2. The summed E-state index contributed by atoms with van der Waals surface area (Å²) < 4.78 is 71.3. The van der Waals surface area contributed by atoms with Crippen molar-refractivity contribution in [2.75, 3.05) is 36.9 Å². The maximum absolute atomic E-state index is 13.9. The first-order valence-corrected chi connectivity index (χ1v) is 22.7. The van der Waals surface area contributed by atoms with E-state index < -0.39 is 10.0 Å². The van der Waals surface area contributed by atoms with E-state index in [-0.39, 0.29) is 70.5 Å². The summed E-state index contributed by atoms with van der Waals surface area (Å²) in [5, 5.41) is 24.4. The molecule has 20 nitrogen and oxygen atoms in total. The molecule has 0 atom stereocenters. The monoisotopic (exact) mass is 956 g/mol. The van der Waals surface area contributed by atoms with Crippen molar-refractivity contribution in [2.24, 2.45) is 0 Å². The predicted molar refractivity (Wildman–Crippen MR) is 248 cm³/mol. The number of para-hydroxylation sites is 4. The van der Waals surface area contributed by atoms with Gasteiger partial charge in [0.05, 0.1) is 14.2 Å². The normalized spacial score (nSPS) is 11.1. The van der Waals surface area contributed by atoms with Gasteiger partial charge in [0.1, 0.15) is 18.2 Å². The van der Waals surface area contributed by atoms with Gasteiger partial charge in [-0.1, -0.05) is 36.4 Å². The van der Waals surface area contributed by atoms with E-state index in [0.717, 1.165) is 23.1 Å². The lowest BCUT2D eigenvalue weighted by atomic mass is 10.2. The largest absolute Gasteiger partial charge is 0.619 e. The van der Waals surface area contributed by atoms with Crippen molar-refractivity contribution in [3.05, 3.63) is 156 Å². The molecule has 2 N–H and O–H groups in total. The average Bonchev–Trinajstić information content (AvgIpc) is 3.34. The molecule has 8 aromatic rings. The molecule has 0 aliphatic carbocycles. The molecule has 0 aliphatic rings. The molecule has 8 rings (SSSR count). The minimum atomic E-state index is -4.40. The fraction of sp³-hybridized carbons (Fsp3) is 0.130. The number of nitrogens with one attached hydrogen (secondary N) is 2. The number of pyridine rings is 4. The zero-order chi connectivity index (χ0) is 47.6. The van der Waals surface area contributed by atoms with Crippen LogP contribution in [-0.4, -0.2) is 65.8 Å². The maximum Gasteiger partial charge on any atom is 0.280 e. The van der Waals surface area contributed by atoms with Crippen LogP contribution in [0, 0.1) is 24.3 Å². The Bertz CT molecular complexity index is 3140. The highest BCUT2D eigenvalue weighted by Crippen LogP contribution is 2.44. The number of benzene rings is 2. The van der Waals surface area contributed by atoms with Gasteiger partial charge in [-0.25, -0.2) is 19.9 Å². The van der Waals surface area contributed by atoms with Gasteiger partial charge in [-0.2, -0.15) is 27.8 Å². The molecule has 0 saturated heterocycles. The Morgan fingerprint density at radius 3 is 1.53 bits per heavy atom. The number of hydrogen-bond donors (Lipinski definition) is 2. The zero-order valence-electron chi connectivity index (χ0n) is 36.6. The number of ether oxygens (including phenoxy) is 6. The molecule has 0 saturated carbocycles. The number of sulfonamides is 1. The average molecular weight is 957 g/mol. The van der Waals surface area contributed by atoms with E-state index in [9.17, 15) is 18.8 Å². The van der Waals surface area contributed by atoms with Gasteiger partial charge in [0.15, 0.2) is 76.1 Å². The summed E-state index contributed by atoms with van der Waals surface area (Å²) in [7, 11) is -1.45. The first-order chi connectivity index (χ1) is 33.0. The van der Waals surface area contributed by atoms with Crippen LogP contribution < -0.4 is 47.3 Å². The second-order valence-corrected chi connectivity index (χ2v) is 16.8. The standard InChI is InChI=1S/C46H40N10O10S2/c1-29-13-15-37(47-27-29)67-53-43-39(65-35-11-7-5-9-33(35)61-3)45(51-41(49-43)31-17-21-55(57)22-18-31)63-25-26-64-46-40(66-36-12-8-6-10-34(36)62-4)44(50-42(52-46)32-19-23-56(58)24-20-32)54-68(59,60)38-16-14-30(2)28-48-38/h5-24,27-28H,25-26H2,1-4H3,(H,49,51,53)(H,50,52,54). The first kappa shape index (κ1) is 46.0. The highest BCUT2D eigenvalue weighted by molar-refractivity contribution is 8.00. The number of aromatic nitrogens is 8. The van der Waals surface area contributed by atoms with Gasteiger partial charge >= 0.3 is 0 Å². The molecule has 0 fully saturated rings. The fourth-order valence-electron chi connectivity index (χ4n) is 6.07. The number of aryl methyl sites for hydroxylation is 2. The lowest BCUT2D eigenvalue weighted by molar-refractivity contribution is -0.605. The van der Waals surface area contributed by atoms with E-state index in [1.165, 1.54) is 63.4 Å². The van der Waals surface area contributed by atoms with E-state index in [1.54, 1.807) is 79.9 Å². The Morgan fingerprint density at radius 2 is 1.06 bits per heavy atom. The lowest BCUT2D eigenvalue weighted by Gasteiger charge is -2.19. The van der Waals surface area contributed by atoms with E-state index in [2.05, 4.69) is 29.4 Å². The molecule has 0 bridgehead atoms. The van der Waals surface area contributed by atoms with Gasteiger partial charge in [0.25, 0.3) is 21.8 Å². The second kappa shape index (κ2) is 20.8. The Kier molecular flexibility index (Phi) is 14.1. The van der Waals surface area contributed by atoms with Gasteiger partial charge in [-0.05, 0) is 61.4 Å². The van der Waals surface area contributed by atoms with Crippen molar-refractivity contribution in [3.63, 3.8) is 0 Å². The van der Waals surface area contributed by atoms with Crippen molar-refractivity contribution in [1.29, 1.82) is 0 Å². The molecule has 6 aromatic heterocycles. The Balaban J connectivity index is 1.19. The Hall–Kier alpha value is -8.50. The van der Waals surface area contributed by atoms with Crippen LogP contribution >= 0.6 is 11.9 Å². The summed E-state index contributed by atoms with van der Waals surface area (Å²) >= 11 is 1.16. The van der Waals surface area contributed by atoms with E-state index >= 15 is 0 Å². The van der Waals surface area contributed by atoms with Crippen molar-refractivity contribution < 1.29 is 46.3 Å². The van der Waals surface area contributed by atoms with Crippen molar-refractivity contribution >= 4 is 33.6 Å². The minimum absolute atomic E-state index is 0.0325. The van der Waals surface area contributed by atoms with Crippen LogP contribution in [0.3, 0.4) is 0 Å². The van der Waals surface area contributed by atoms with Gasteiger partial charge in [-0.15, -0.1) is 0 Å². The van der Waals surface area contributed by atoms with Crippen LogP contribution in [-0.2, 0) is 10.0 Å². The number of hydrogen-bond acceptors (Lipinski definition) is 18. The Labute approximate surface area is 393 Å². The summed E-state index contributed by atoms with van der Waals surface area (Å²) in [6.07, 6.45) is 8.23. The number of rotatable bonds is 19. The molecule has 68 heavy (non-hydrogen) atoms. The van der Waals surface area contributed by atoms with Gasteiger partial charge in [0, 0.05) is 59.7 Å². The molecule has 0 radical (unpaired) electrons. The third kappa shape index (κ3) is 11.1. The van der Waals surface area contributed by atoms with Crippen molar-refractivity contribution in [2.45, 2.75) is 23.9 Å². The number of nitrogens with zero attached hydrogens (tertiary/aromatic N) is 8. The maximum atomic E-state index is 13.9. The zero-order valence-corrected chi connectivity index (χ0v) is 38.2. The van der Waals surface area contributed by atoms with Crippen LogP contribution in [0.1, 0.15) is 11.1 Å². The smallest absolute Gasteiger partial charge is 0.280 e.